The maximum absolute atomic E-state index is 15.1. The number of ether oxygens (including phenoxy) is 3. The second-order valence-electron chi connectivity index (χ2n) is 11.1. The number of carbonyl (C=O) groups excluding carboxylic acids is 4. The number of carbonyl (C=O) groups is 4. The summed E-state index contributed by atoms with van der Waals surface area (Å²) in [5, 5.41) is 9.66. The Hall–Kier alpha value is -5.46. The molecule has 4 aliphatic rings. The molecular weight excluding hydrogens is 597 g/mol. The molecule has 6 bridgehead atoms. The lowest BCUT2D eigenvalue weighted by Gasteiger charge is -2.39. The number of methoxy groups -OCH3 is 1. The van der Waals surface area contributed by atoms with Crippen LogP contribution >= 0.6 is 0 Å². The highest BCUT2D eigenvalue weighted by Crippen LogP contribution is 2.29. The third kappa shape index (κ3) is 6.77. The summed E-state index contributed by atoms with van der Waals surface area (Å²) in [6.45, 7) is 0.318. The summed E-state index contributed by atoms with van der Waals surface area (Å²) in [7, 11) is 1.51. The third-order valence-corrected chi connectivity index (χ3v) is 8.07. The molecule has 7 rings (SSSR count). The molecule has 238 valence electrons. The summed E-state index contributed by atoms with van der Waals surface area (Å²) in [6, 6.07) is 15.6. The van der Waals surface area contributed by atoms with Crippen molar-refractivity contribution in [3.05, 3.63) is 77.6 Å². The minimum atomic E-state index is -0.737. The summed E-state index contributed by atoms with van der Waals surface area (Å²) in [6.07, 6.45) is 0.0962. The van der Waals surface area contributed by atoms with Crippen LogP contribution in [0.1, 0.15) is 35.2 Å². The zero-order chi connectivity index (χ0) is 32.2. The maximum Gasteiger partial charge on any atom is 0.270 e. The molecule has 3 N–H and O–H groups in total. The van der Waals surface area contributed by atoms with Gasteiger partial charge in [-0.1, -0.05) is 18.2 Å². The first kappa shape index (κ1) is 30.6. The minimum absolute atomic E-state index is 0.0597. The molecule has 0 unspecified atom stereocenters. The molecule has 3 aromatic rings. The quantitative estimate of drug-likeness (QED) is 0.395. The van der Waals surface area contributed by atoms with E-state index >= 15 is 4.39 Å². The van der Waals surface area contributed by atoms with E-state index in [4.69, 9.17) is 14.2 Å². The number of halogens is 1. The average molecular weight is 630 g/mol. The van der Waals surface area contributed by atoms with Gasteiger partial charge in [-0.25, -0.2) is 9.82 Å². The molecule has 0 saturated carbocycles. The Kier molecular flexibility index (Phi) is 8.81. The fourth-order valence-electron chi connectivity index (χ4n) is 5.61. The third-order valence-electron chi connectivity index (χ3n) is 8.07. The number of nitrogens with one attached hydrogen (secondary N) is 3. The molecule has 46 heavy (non-hydrogen) atoms. The van der Waals surface area contributed by atoms with E-state index in [9.17, 15) is 19.2 Å². The largest absolute Gasteiger partial charge is 0.496 e. The Balaban J connectivity index is 1.34. The Morgan fingerprint density at radius 3 is 2.65 bits per heavy atom. The van der Waals surface area contributed by atoms with Crippen LogP contribution in [0.5, 0.6) is 17.2 Å². The number of nitrogens with zero attached hydrogens (tertiary/aromatic N) is 2. The number of hydrogen-bond donors (Lipinski definition) is 3. The zero-order valence-corrected chi connectivity index (χ0v) is 25.0. The number of likely N-dealkylation sites (tertiary alicyclic amines) is 1. The second-order valence-corrected chi connectivity index (χ2v) is 11.1. The summed E-state index contributed by atoms with van der Waals surface area (Å²) in [5.41, 5.74) is 4.30. The highest BCUT2D eigenvalue weighted by atomic mass is 19.1. The van der Waals surface area contributed by atoms with Crippen molar-refractivity contribution >= 4 is 29.3 Å². The van der Waals surface area contributed by atoms with Crippen molar-refractivity contribution in [2.45, 2.75) is 38.0 Å². The van der Waals surface area contributed by atoms with Crippen LogP contribution in [0.4, 0.5) is 4.39 Å². The number of piperidine rings is 1. The predicted octanol–water partition coefficient (Wildman–Crippen LogP) is 2.55. The Morgan fingerprint density at radius 1 is 1.00 bits per heavy atom. The molecule has 0 radical (unpaired) electrons. The first-order valence-corrected chi connectivity index (χ1v) is 14.9. The van der Waals surface area contributed by atoms with E-state index in [2.05, 4.69) is 21.2 Å². The van der Waals surface area contributed by atoms with Crippen molar-refractivity contribution in [1.82, 2.24) is 21.0 Å². The number of benzene rings is 3. The summed E-state index contributed by atoms with van der Waals surface area (Å²) < 4.78 is 32.7. The molecule has 2 atom stereocenters. The number of fused-ring (bicyclic) bond motifs is 7. The highest BCUT2D eigenvalue weighted by Gasteiger charge is 2.36. The van der Waals surface area contributed by atoms with Gasteiger partial charge in [-0.15, -0.1) is 0 Å². The predicted molar refractivity (Wildman–Crippen MR) is 164 cm³/mol. The first-order valence-electron chi connectivity index (χ1n) is 14.9. The van der Waals surface area contributed by atoms with Crippen LogP contribution in [0.2, 0.25) is 0 Å². The van der Waals surface area contributed by atoms with Crippen LogP contribution in [-0.4, -0.2) is 73.2 Å². The van der Waals surface area contributed by atoms with Gasteiger partial charge in [0.1, 0.15) is 34.9 Å². The molecule has 13 heteroatoms. The van der Waals surface area contributed by atoms with Gasteiger partial charge in [0.2, 0.25) is 5.91 Å². The molecule has 1 saturated heterocycles. The lowest BCUT2D eigenvalue weighted by molar-refractivity contribution is -0.127. The highest BCUT2D eigenvalue weighted by molar-refractivity contribution is 6.39. The number of hydrazone groups is 1. The van der Waals surface area contributed by atoms with E-state index in [0.29, 0.717) is 46.9 Å². The van der Waals surface area contributed by atoms with Crippen molar-refractivity contribution in [2.24, 2.45) is 5.10 Å². The van der Waals surface area contributed by atoms with E-state index in [1.807, 2.05) is 0 Å². The molecule has 12 nitrogen and oxygen atoms in total. The van der Waals surface area contributed by atoms with Gasteiger partial charge in [0.25, 0.3) is 17.7 Å². The Morgan fingerprint density at radius 2 is 1.85 bits per heavy atom. The molecule has 1 fully saturated rings. The van der Waals surface area contributed by atoms with Crippen molar-refractivity contribution in [1.29, 1.82) is 0 Å². The molecular formula is C33H32FN5O7. The summed E-state index contributed by atoms with van der Waals surface area (Å²) in [5.74, 6) is -1.02. The average Bonchev–Trinajstić information content (AvgIpc) is 3.07. The molecule has 4 aliphatic heterocycles. The van der Waals surface area contributed by atoms with Crippen molar-refractivity contribution in [3.8, 4) is 28.4 Å². The van der Waals surface area contributed by atoms with Gasteiger partial charge in [-0.05, 0) is 47.5 Å². The van der Waals surface area contributed by atoms with Gasteiger partial charge in [0.05, 0.1) is 18.7 Å². The molecule has 0 aromatic heterocycles. The lowest BCUT2D eigenvalue weighted by Crippen LogP contribution is -2.59. The first-order chi connectivity index (χ1) is 22.3. The van der Waals surface area contributed by atoms with Gasteiger partial charge < -0.3 is 29.7 Å². The van der Waals surface area contributed by atoms with E-state index in [0.717, 1.165) is 0 Å². The Labute approximate surface area is 263 Å². The van der Waals surface area contributed by atoms with Gasteiger partial charge >= 0.3 is 0 Å². The van der Waals surface area contributed by atoms with Crippen molar-refractivity contribution in [3.63, 3.8) is 0 Å². The topological polar surface area (TPSA) is 148 Å². The Bertz CT molecular complexity index is 1730. The van der Waals surface area contributed by atoms with Crippen LogP contribution < -0.4 is 30.3 Å². The molecule has 3 aromatic carbocycles. The van der Waals surface area contributed by atoms with Crippen LogP contribution in [0, 0.1) is 5.82 Å². The van der Waals surface area contributed by atoms with Gasteiger partial charge in [-0.3, -0.25) is 19.2 Å². The van der Waals surface area contributed by atoms with Crippen LogP contribution in [0.15, 0.2) is 65.8 Å². The fourth-order valence-corrected chi connectivity index (χ4v) is 5.61. The smallest absolute Gasteiger partial charge is 0.270 e. The van der Waals surface area contributed by atoms with Crippen LogP contribution in [-0.2, 0) is 20.9 Å². The van der Waals surface area contributed by atoms with Crippen molar-refractivity contribution < 1.29 is 37.8 Å². The zero-order valence-electron chi connectivity index (χ0n) is 25.0. The van der Waals surface area contributed by atoms with Crippen LogP contribution in [0.25, 0.3) is 11.1 Å². The van der Waals surface area contributed by atoms with E-state index in [1.54, 1.807) is 53.4 Å². The van der Waals surface area contributed by atoms with Gasteiger partial charge in [-0.2, -0.15) is 5.10 Å². The summed E-state index contributed by atoms with van der Waals surface area (Å²) in [4.78, 5) is 52.7. The lowest BCUT2D eigenvalue weighted by atomic mass is 9.98. The fraction of sp³-hybridized carbons (Fsp3) is 0.303. The monoisotopic (exact) mass is 629 g/mol. The van der Waals surface area contributed by atoms with Crippen LogP contribution in [0.3, 0.4) is 0 Å². The molecule has 4 heterocycles. The number of amides is 4. The van der Waals surface area contributed by atoms with Crippen molar-refractivity contribution in [2.75, 3.05) is 26.8 Å². The molecule has 4 amide bonds. The SMILES string of the molecule is COc1cc2ccc1CNC(=O)COc1cccc(c1)-c1ccc(F)c(c1)C(=O)N[C@@H]1CN(C(=O)C3=NNC(=O)CC3)CC[C@@H]1O2. The number of hydrogen-bond acceptors (Lipinski definition) is 8. The normalized spacial score (nSPS) is 20.1. The van der Waals surface area contributed by atoms with E-state index < -0.39 is 23.9 Å². The number of rotatable bonds is 2. The maximum atomic E-state index is 15.1. The van der Waals surface area contributed by atoms with Gasteiger partial charge in [0, 0.05) is 50.5 Å². The minimum Gasteiger partial charge on any atom is -0.496 e. The standard InChI is InChI=1S/C33H32FN5O7/c1-44-29-15-23-7-5-21(29)16-35-31(41)18-45-22-4-2-3-19(13-22)20-6-8-25(34)24(14-20)32(42)36-27-17-39(12-11-28(27)46-23)33(43)26-9-10-30(40)38-37-26/h2-8,13-15,27-28H,9-12,16-18H2,1H3,(H,35,41)(H,36,42)(H,38,40)/t27-,28+/m1/s1. The van der Waals surface area contributed by atoms with Gasteiger partial charge in [0.15, 0.2) is 6.61 Å². The molecule has 0 spiro atoms. The molecule has 0 aliphatic carbocycles. The summed E-state index contributed by atoms with van der Waals surface area (Å²) >= 11 is 0. The van der Waals surface area contributed by atoms with E-state index in [1.165, 1.54) is 19.2 Å². The van der Waals surface area contributed by atoms with E-state index in [-0.39, 0.29) is 61.5 Å². The second kappa shape index (κ2) is 13.3.